The quantitative estimate of drug-likeness (QED) is 0.0505. The number of rotatable bonds is 41. The third-order valence-electron chi connectivity index (χ3n) is 10.3. The lowest BCUT2D eigenvalue weighted by molar-refractivity contribution is -0.161. The van der Waals surface area contributed by atoms with E-state index in [0.29, 0.717) is 12.8 Å². The zero-order valence-corrected chi connectivity index (χ0v) is 34.1. The van der Waals surface area contributed by atoms with Crippen LogP contribution in [0.5, 0.6) is 0 Å². The minimum Gasteiger partial charge on any atom is -0.462 e. The molecule has 0 aliphatic carbocycles. The second-order valence-electron chi connectivity index (χ2n) is 16.0. The van der Waals surface area contributed by atoms with E-state index in [9.17, 15) is 14.7 Å². The second kappa shape index (κ2) is 40.7. The molecular formula is C45H88O5. The fraction of sp³-hybridized carbons (Fsp3) is 0.956. The van der Waals surface area contributed by atoms with Gasteiger partial charge in [-0.15, -0.1) is 0 Å². The standard InChI is InChI=1S/C45H88O5/c1-4-5-6-7-8-9-10-11-12-13-14-15-16-20-23-26-29-32-35-38-44(47)49-41-43(40-46)50-45(48)39-36-33-30-27-24-21-18-17-19-22-25-28-31-34-37-42(2)3/h42-43,46H,4-41H2,1-3H3/t43-/m0/s1. The zero-order chi connectivity index (χ0) is 36.6. The van der Waals surface area contributed by atoms with Gasteiger partial charge in [0.25, 0.3) is 0 Å². The maximum Gasteiger partial charge on any atom is 0.306 e. The summed E-state index contributed by atoms with van der Waals surface area (Å²) in [7, 11) is 0. The number of aliphatic hydroxyl groups is 1. The first kappa shape index (κ1) is 48.9. The fourth-order valence-electron chi connectivity index (χ4n) is 6.92. The van der Waals surface area contributed by atoms with Crippen LogP contribution < -0.4 is 0 Å². The molecule has 1 atom stereocenters. The smallest absolute Gasteiger partial charge is 0.306 e. The largest absolute Gasteiger partial charge is 0.462 e. The van der Waals surface area contributed by atoms with E-state index in [1.54, 1.807) is 0 Å². The molecule has 5 nitrogen and oxygen atoms in total. The van der Waals surface area contributed by atoms with Crippen LogP contribution in [-0.2, 0) is 19.1 Å². The Hall–Kier alpha value is -1.10. The lowest BCUT2D eigenvalue weighted by atomic mass is 10.0. The van der Waals surface area contributed by atoms with E-state index in [4.69, 9.17) is 9.47 Å². The molecule has 1 N–H and O–H groups in total. The Kier molecular flexibility index (Phi) is 39.8. The normalized spacial score (nSPS) is 12.1. The first-order chi connectivity index (χ1) is 24.5. The predicted octanol–water partition coefficient (Wildman–Crippen LogP) is 14.2. The summed E-state index contributed by atoms with van der Waals surface area (Å²) in [6.45, 7) is 6.54. The van der Waals surface area contributed by atoms with E-state index >= 15 is 0 Å². The average molecular weight is 709 g/mol. The van der Waals surface area contributed by atoms with E-state index in [2.05, 4.69) is 20.8 Å². The zero-order valence-electron chi connectivity index (χ0n) is 34.1. The molecule has 0 heterocycles. The minimum atomic E-state index is -0.763. The lowest BCUT2D eigenvalue weighted by Gasteiger charge is -2.15. The molecule has 0 bridgehead atoms. The van der Waals surface area contributed by atoms with Gasteiger partial charge in [0, 0.05) is 12.8 Å². The topological polar surface area (TPSA) is 72.8 Å². The van der Waals surface area contributed by atoms with E-state index < -0.39 is 6.10 Å². The SMILES string of the molecule is CCCCCCCCCCCCCCCCCCCCCC(=O)OC[C@H](CO)OC(=O)CCCCCCCCCCCCCCCCC(C)C. The molecule has 0 aliphatic rings. The molecule has 0 aromatic carbocycles. The third kappa shape index (κ3) is 39.7. The molecule has 0 aliphatic heterocycles. The summed E-state index contributed by atoms with van der Waals surface area (Å²) >= 11 is 0. The van der Waals surface area contributed by atoms with Crippen molar-refractivity contribution in [1.82, 2.24) is 0 Å². The van der Waals surface area contributed by atoms with Gasteiger partial charge in [0.15, 0.2) is 6.10 Å². The number of hydrogen-bond donors (Lipinski definition) is 1. The summed E-state index contributed by atoms with van der Waals surface area (Å²) in [6.07, 6.45) is 44.6. The maximum atomic E-state index is 12.2. The number of aliphatic hydroxyl groups excluding tert-OH is 1. The lowest BCUT2D eigenvalue weighted by Crippen LogP contribution is -2.28. The summed E-state index contributed by atoms with van der Waals surface area (Å²) in [5.41, 5.74) is 0. The first-order valence-electron chi connectivity index (χ1n) is 22.5. The summed E-state index contributed by atoms with van der Waals surface area (Å²) in [4.78, 5) is 24.3. The van der Waals surface area contributed by atoms with Gasteiger partial charge >= 0.3 is 11.9 Å². The van der Waals surface area contributed by atoms with Gasteiger partial charge in [0.05, 0.1) is 6.61 Å². The summed E-state index contributed by atoms with van der Waals surface area (Å²) < 4.78 is 10.7. The van der Waals surface area contributed by atoms with Crippen molar-refractivity contribution in [3.8, 4) is 0 Å². The third-order valence-corrected chi connectivity index (χ3v) is 10.3. The number of ether oxygens (including phenoxy) is 2. The Labute approximate surface area is 312 Å². The van der Waals surface area contributed by atoms with Crippen molar-refractivity contribution < 1.29 is 24.2 Å². The number of hydrogen-bond acceptors (Lipinski definition) is 5. The molecule has 0 saturated heterocycles. The van der Waals surface area contributed by atoms with Crippen LogP contribution in [0.25, 0.3) is 0 Å². The molecule has 0 unspecified atom stereocenters. The van der Waals surface area contributed by atoms with Gasteiger partial charge in [-0.3, -0.25) is 9.59 Å². The van der Waals surface area contributed by atoms with Crippen LogP contribution in [0.4, 0.5) is 0 Å². The van der Waals surface area contributed by atoms with Crippen molar-refractivity contribution in [1.29, 1.82) is 0 Å². The molecule has 0 spiro atoms. The monoisotopic (exact) mass is 709 g/mol. The Morgan fingerprint density at radius 3 is 1.06 bits per heavy atom. The predicted molar refractivity (Wildman–Crippen MR) is 215 cm³/mol. The molecule has 0 amide bonds. The Bertz CT molecular complexity index is 693. The highest BCUT2D eigenvalue weighted by atomic mass is 16.6. The van der Waals surface area contributed by atoms with Crippen molar-refractivity contribution >= 4 is 11.9 Å². The highest BCUT2D eigenvalue weighted by Crippen LogP contribution is 2.17. The number of carbonyl (C=O) groups excluding carboxylic acids is 2. The number of esters is 2. The Morgan fingerprint density at radius 2 is 0.740 bits per heavy atom. The molecule has 0 aromatic rings. The van der Waals surface area contributed by atoms with Crippen molar-refractivity contribution in [3.05, 3.63) is 0 Å². The molecule has 0 fully saturated rings. The second-order valence-corrected chi connectivity index (χ2v) is 16.0. The molecule has 298 valence electrons. The summed E-state index contributed by atoms with van der Waals surface area (Å²) in [6, 6.07) is 0. The van der Waals surface area contributed by atoms with Crippen LogP contribution >= 0.6 is 0 Å². The van der Waals surface area contributed by atoms with Crippen LogP contribution in [0, 0.1) is 5.92 Å². The van der Waals surface area contributed by atoms with Crippen LogP contribution in [0.15, 0.2) is 0 Å². The Morgan fingerprint density at radius 1 is 0.440 bits per heavy atom. The first-order valence-corrected chi connectivity index (χ1v) is 22.5. The molecule has 0 rings (SSSR count). The molecule has 0 radical (unpaired) electrons. The van der Waals surface area contributed by atoms with Gasteiger partial charge in [-0.05, 0) is 18.8 Å². The van der Waals surface area contributed by atoms with Crippen LogP contribution in [0.2, 0.25) is 0 Å². The van der Waals surface area contributed by atoms with E-state index in [1.807, 2.05) is 0 Å². The highest BCUT2D eigenvalue weighted by molar-refractivity contribution is 5.70. The van der Waals surface area contributed by atoms with Gasteiger partial charge in [0.2, 0.25) is 0 Å². The van der Waals surface area contributed by atoms with Crippen molar-refractivity contribution in [2.75, 3.05) is 13.2 Å². The summed E-state index contributed by atoms with van der Waals surface area (Å²) in [5, 5.41) is 9.58. The van der Waals surface area contributed by atoms with Gasteiger partial charge in [-0.25, -0.2) is 0 Å². The van der Waals surface area contributed by atoms with E-state index in [0.717, 1.165) is 38.0 Å². The van der Waals surface area contributed by atoms with Crippen molar-refractivity contribution in [3.63, 3.8) is 0 Å². The molecule has 5 heteroatoms. The number of unbranched alkanes of at least 4 members (excludes halogenated alkanes) is 31. The van der Waals surface area contributed by atoms with Crippen LogP contribution in [0.3, 0.4) is 0 Å². The van der Waals surface area contributed by atoms with Gasteiger partial charge in [0.1, 0.15) is 6.61 Å². The van der Waals surface area contributed by atoms with E-state index in [-0.39, 0.29) is 25.2 Å². The highest BCUT2D eigenvalue weighted by Gasteiger charge is 2.16. The van der Waals surface area contributed by atoms with Crippen LogP contribution in [0.1, 0.15) is 252 Å². The fourth-order valence-corrected chi connectivity index (χ4v) is 6.92. The van der Waals surface area contributed by atoms with Gasteiger partial charge in [-0.2, -0.15) is 0 Å². The average Bonchev–Trinajstić information content (AvgIpc) is 3.10. The number of carbonyl (C=O) groups is 2. The van der Waals surface area contributed by atoms with Gasteiger partial charge in [-0.1, -0.05) is 226 Å². The van der Waals surface area contributed by atoms with E-state index in [1.165, 1.54) is 186 Å². The van der Waals surface area contributed by atoms with Gasteiger partial charge < -0.3 is 14.6 Å². The molecule has 50 heavy (non-hydrogen) atoms. The van der Waals surface area contributed by atoms with Crippen LogP contribution in [-0.4, -0.2) is 36.4 Å². The molecular weight excluding hydrogens is 620 g/mol. The maximum absolute atomic E-state index is 12.2. The summed E-state index contributed by atoms with van der Waals surface area (Å²) in [5.74, 6) is 0.279. The molecule has 0 saturated carbocycles. The minimum absolute atomic E-state index is 0.0570. The van der Waals surface area contributed by atoms with Crippen molar-refractivity contribution in [2.45, 2.75) is 258 Å². The Balaban J connectivity index is 3.46. The van der Waals surface area contributed by atoms with Crippen molar-refractivity contribution in [2.24, 2.45) is 5.92 Å². The molecule has 0 aromatic heterocycles.